The highest BCUT2D eigenvalue weighted by molar-refractivity contribution is 7.20. The third-order valence-corrected chi connectivity index (χ3v) is 4.22. The zero-order valence-corrected chi connectivity index (χ0v) is 11.3. The number of aromatic nitrogens is 2. The fourth-order valence-corrected chi connectivity index (χ4v) is 3.12. The number of aldehydes is 1. The predicted molar refractivity (Wildman–Crippen MR) is 71.8 cm³/mol. The van der Waals surface area contributed by atoms with E-state index in [1.807, 2.05) is 6.07 Å². The van der Waals surface area contributed by atoms with Crippen molar-refractivity contribution in [1.29, 1.82) is 5.26 Å². The van der Waals surface area contributed by atoms with Crippen LogP contribution in [0.4, 0.5) is 0 Å². The molecule has 0 bridgehead atoms. The molecule has 2 aromatic rings. The lowest BCUT2D eigenvalue weighted by atomic mass is 10.2. The molecule has 0 fully saturated rings. The van der Waals surface area contributed by atoms with Crippen molar-refractivity contribution in [2.75, 3.05) is 0 Å². The molecule has 0 aliphatic carbocycles. The molecule has 2 aromatic heterocycles. The molecule has 0 spiro atoms. The average molecular weight is 277 g/mol. The number of rotatable bonds is 3. The van der Waals surface area contributed by atoms with Crippen LogP contribution in [0.3, 0.4) is 0 Å². The van der Waals surface area contributed by atoms with Crippen LogP contribution in [0.25, 0.3) is 10.2 Å². The lowest BCUT2D eigenvalue weighted by Gasteiger charge is -2.07. The van der Waals surface area contributed by atoms with Crippen molar-refractivity contribution in [2.45, 2.75) is 26.9 Å². The first kappa shape index (κ1) is 13.2. The monoisotopic (exact) mass is 277 g/mol. The fourth-order valence-electron chi connectivity index (χ4n) is 2.01. The summed E-state index contributed by atoms with van der Waals surface area (Å²) in [6, 6.07) is 1.90. The molecule has 0 radical (unpaired) electrons. The molecule has 2 rings (SSSR count). The second-order valence-electron chi connectivity index (χ2n) is 3.97. The van der Waals surface area contributed by atoms with Crippen molar-refractivity contribution in [3.8, 4) is 6.07 Å². The summed E-state index contributed by atoms with van der Waals surface area (Å²) in [5, 5.41) is 9.16. The van der Waals surface area contributed by atoms with Crippen LogP contribution in [0.15, 0.2) is 9.59 Å². The zero-order valence-electron chi connectivity index (χ0n) is 10.5. The topological polar surface area (TPSA) is 84.9 Å². The Balaban J connectivity index is 3.09. The van der Waals surface area contributed by atoms with E-state index in [9.17, 15) is 14.4 Å². The van der Waals surface area contributed by atoms with Crippen LogP contribution in [0, 0.1) is 18.3 Å². The Morgan fingerprint density at radius 3 is 2.58 bits per heavy atom. The van der Waals surface area contributed by atoms with Gasteiger partial charge in [-0.1, -0.05) is 0 Å². The number of hydrogen-bond acceptors (Lipinski definition) is 5. The van der Waals surface area contributed by atoms with E-state index in [-0.39, 0.29) is 13.1 Å². The molecule has 7 heteroatoms. The number of carbonyl (C=O) groups is 1. The second kappa shape index (κ2) is 4.82. The maximum absolute atomic E-state index is 12.2. The summed E-state index contributed by atoms with van der Waals surface area (Å²) in [6.45, 7) is 3.44. The van der Waals surface area contributed by atoms with Gasteiger partial charge in [-0.3, -0.25) is 18.7 Å². The van der Waals surface area contributed by atoms with E-state index in [0.29, 0.717) is 26.9 Å². The van der Waals surface area contributed by atoms with Gasteiger partial charge in [0, 0.05) is 6.54 Å². The summed E-state index contributed by atoms with van der Waals surface area (Å²) in [4.78, 5) is 36.1. The van der Waals surface area contributed by atoms with Gasteiger partial charge in [-0.25, -0.2) is 4.79 Å². The molecular formula is C12H11N3O3S. The Morgan fingerprint density at radius 2 is 2.05 bits per heavy atom. The van der Waals surface area contributed by atoms with Crippen molar-refractivity contribution in [2.24, 2.45) is 0 Å². The van der Waals surface area contributed by atoms with Gasteiger partial charge in [0.15, 0.2) is 6.29 Å². The van der Waals surface area contributed by atoms with Crippen LogP contribution in [-0.2, 0) is 13.1 Å². The van der Waals surface area contributed by atoms with Gasteiger partial charge in [0.1, 0.15) is 11.4 Å². The first-order valence-electron chi connectivity index (χ1n) is 5.65. The third kappa shape index (κ3) is 1.81. The third-order valence-electron chi connectivity index (χ3n) is 2.98. The first-order chi connectivity index (χ1) is 9.06. The maximum Gasteiger partial charge on any atom is 0.333 e. The summed E-state index contributed by atoms with van der Waals surface area (Å²) >= 11 is 1.07. The molecular weight excluding hydrogens is 266 g/mol. The van der Waals surface area contributed by atoms with Crippen LogP contribution in [-0.4, -0.2) is 15.4 Å². The minimum atomic E-state index is -0.514. The molecule has 0 saturated heterocycles. The maximum atomic E-state index is 12.2. The van der Waals surface area contributed by atoms with Crippen LogP contribution in [0.1, 0.15) is 22.2 Å². The summed E-state index contributed by atoms with van der Waals surface area (Å²) in [5.74, 6) is 0. The number of fused-ring (bicyclic) bond motifs is 1. The Kier molecular flexibility index (Phi) is 3.36. The number of thiophene rings is 1. The quantitative estimate of drug-likeness (QED) is 0.780. The minimum Gasteiger partial charge on any atom is -0.297 e. The normalized spacial score (nSPS) is 10.6. The standard InChI is InChI=1S/C12H11N3O3S/c1-3-14-10(17)9-7(2)8(6-16)19-11(9)15(5-4-13)12(14)18/h6H,3,5H2,1-2H3. The average Bonchev–Trinajstić information content (AvgIpc) is 2.72. The molecule has 0 aliphatic rings. The van der Waals surface area contributed by atoms with Crippen LogP contribution in [0.5, 0.6) is 0 Å². The number of aryl methyl sites for hydroxylation is 1. The van der Waals surface area contributed by atoms with E-state index < -0.39 is 11.2 Å². The molecule has 6 nitrogen and oxygen atoms in total. The Bertz CT molecular complexity index is 820. The second-order valence-corrected chi connectivity index (χ2v) is 5.00. The lowest BCUT2D eigenvalue weighted by molar-refractivity contribution is 0.112. The van der Waals surface area contributed by atoms with Gasteiger partial charge in [0.05, 0.1) is 16.3 Å². The summed E-state index contributed by atoms with van der Waals surface area (Å²) in [7, 11) is 0. The fraction of sp³-hybridized carbons (Fsp3) is 0.333. The molecule has 98 valence electrons. The van der Waals surface area contributed by atoms with Crippen LogP contribution >= 0.6 is 11.3 Å². The van der Waals surface area contributed by atoms with E-state index in [2.05, 4.69) is 0 Å². The molecule has 0 unspecified atom stereocenters. The lowest BCUT2D eigenvalue weighted by Crippen LogP contribution is -2.39. The van der Waals surface area contributed by atoms with E-state index in [0.717, 1.165) is 15.9 Å². The largest absolute Gasteiger partial charge is 0.333 e. The number of carbonyl (C=O) groups excluding carboxylic acids is 1. The molecule has 0 aliphatic heterocycles. The Morgan fingerprint density at radius 1 is 1.37 bits per heavy atom. The van der Waals surface area contributed by atoms with E-state index in [4.69, 9.17) is 5.26 Å². The highest BCUT2D eigenvalue weighted by Gasteiger charge is 2.18. The van der Waals surface area contributed by atoms with Gasteiger partial charge in [-0.2, -0.15) is 5.26 Å². The molecule has 19 heavy (non-hydrogen) atoms. The SMILES string of the molecule is CCn1c(=O)c2c(C)c(C=O)sc2n(CC#N)c1=O. The molecule has 0 atom stereocenters. The highest BCUT2D eigenvalue weighted by atomic mass is 32.1. The first-order valence-corrected chi connectivity index (χ1v) is 6.47. The van der Waals surface area contributed by atoms with E-state index in [1.165, 1.54) is 4.57 Å². The van der Waals surface area contributed by atoms with Crippen molar-refractivity contribution in [1.82, 2.24) is 9.13 Å². The highest BCUT2D eigenvalue weighted by Crippen LogP contribution is 2.26. The smallest absolute Gasteiger partial charge is 0.297 e. The molecule has 0 aromatic carbocycles. The molecule has 0 saturated carbocycles. The van der Waals surface area contributed by atoms with Crippen LogP contribution in [0.2, 0.25) is 0 Å². The van der Waals surface area contributed by atoms with Crippen LogP contribution < -0.4 is 11.2 Å². The van der Waals surface area contributed by atoms with Crippen molar-refractivity contribution < 1.29 is 4.79 Å². The van der Waals surface area contributed by atoms with E-state index in [1.54, 1.807) is 13.8 Å². The number of nitrogens with zero attached hydrogens (tertiary/aromatic N) is 3. The van der Waals surface area contributed by atoms with Crippen molar-refractivity contribution in [3.63, 3.8) is 0 Å². The van der Waals surface area contributed by atoms with E-state index >= 15 is 0 Å². The van der Waals surface area contributed by atoms with Crippen molar-refractivity contribution in [3.05, 3.63) is 31.3 Å². The van der Waals surface area contributed by atoms with Gasteiger partial charge >= 0.3 is 5.69 Å². The van der Waals surface area contributed by atoms with Gasteiger partial charge in [0.25, 0.3) is 5.56 Å². The Labute approximate surface area is 112 Å². The number of nitriles is 1. The minimum absolute atomic E-state index is 0.145. The summed E-state index contributed by atoms with van der Waals surface area (Å²) in [5.41, 5.74) is -0.354. The van der Waals surface area contributed by atoms with Gasteiger partial charge in [-0.05, 0) is 19.4 Å². The zero-order chi connectivity index (χ0) is 14.2. The number of hydrogen-bond donors (Lipinski definition) is 0. The summed E-state index contributed by atoms with van der Waals surface area (Å²) in [6.07, 6.45) is 0.664. The molecule has 0 amide bonds. The predicted octanol–water partition coefficient (Wildman–Crippen LogP) is 0.889. The summed E-state index contributed by atoms with van der Waals surface area (Å²) < 4.78 is 2.32. The molecule has 0 N–H and O–H groups in total. The van der Waals surface area contributed by atoms with Gasteiger partial charge < -0.3 is 0 Å². The Hall–Kier alpha value is -2.20. The van der Waals surface area contributed by atoms with Gasteiger partial charge in [-0.15, -0.1) is 11.3 Å². The molecule has 2 heterocycles. The van der Waals surface area contributed by atoms with Gasteiger partial charge in [0.2, 0.25) is 0 Å². The van der Waals surface area contributed by atoms with Crippen molar-refractivity contribution >= 4 is 27.8 Å².